The molecule has 12 heteroatoms. The number of anilines is 1. The van der Waals surface area contributed by atoms with Gasteiger partial charge in [-0.15, -0.1) is 0 Å². The van der Waals surface area contributed by atoms with E-state index < -0.39 is 0 Å². The predicted molar refractivity (Wildman–Crippen MR) is 161 cm³/mol. The van der Waals surface area contributed by atoms with Crippen LogP contribution in [0.5, 0.6) is 11.5 Å². The highest BCUT2D eigenvalue weighted by atomic mass is 32.2. The number of benzene rings is 2. The smallest absolute Gasteiger partial charge is 0.313 e. The standard InChI is InChI=1S/C30H35N3O7S2/c1-4-5-13-38-14-10-26(34)40-22-8-6-21(7-9-22)28(35)32-30-31-19-27(42-30)41-25-18-23(24(37-3)17-20(25)2)29(36)33-11-15-39-16-12-33/h6-9,17-19H,4-5,10-16H2,1-3H3,(H,31,32,35). The molecule has 42 heavy (non-hydrogen) atoms. The van der Waals surface area contributed by atoms with Crippen molar-refractivity contribution < 1.29 is 33.3 Å². The predicted octanol–water partition coefficient (Wildman–Crippen LogP) is 5.45. The fourth-order valence-electron chi connectivity index (χ4n) is 4.05. The van der Waals surface area contributed by atoms with Crippen molar-refractivity contribution in [2.45, 2.75) is 42.2 Å². The lowest BCUT2D eigenvalue weighted by atomic mass is 10.1. The van der Waals surface area contributed by atoms with Gasteiger partial charge in [-0.3, -0.25) is 19.7 Å². The van der Waals surface area contributed by atoms with Crippen molar-refractivity contribution in [2.24, 2.45) is 0 Å². The molecule has 10 nitrogen and oxygen atoms in total. The number of unbranched alkanes of at least 4 members (excludes halogenated alkanes) is 1. The van der Waals surface area contributed by atoms with E-state index in [1.54, 1.807) is 42.5 Å². The molecule has 1 aliphatic heterocycles. The summed E-state index contributed by atoms with van der Waals surface area (Å²) in [5, 5.41) is 3.25. The minimum atomic E-state index is -0.388. The highest BCUT2D eigenvalue weighted by Gasteiger charge is 2.23. The summed E-state index contributed by atoms with van der Waals surface area (Å²) < 4.78 is 22.4. The van der Waals surface area contributed by atoms with Gasteiger partial charge in [-0.1, -0.05) is 36.4 Å². The zero-order valence-corrected chi connectivity index (χ0v) is 25.6. The van der Waals surface area contributed by atoms with Gasteiger partial charge in [0.05, 0.1) is 49.3 Å². The van der Waals surface area contributed by atoms with E-state index >= 15 is 0 Å². The molecule has 2 aromatic carbocycles. The normalized spacial score (nSPS) is 13.1. The van der Waals surface area contributed by atoms with Crippen LogP contribution < -0.4 is 14.8 Å². The first kappa shape index (κ1) is 31.5. The maximum atomic E-state index is 13.2. The maximum absolute atomic E-state index is 13.2. The molecule has 2 amide bonds. The molecular weight excluding hydrogens is 578 g/mol. The zero-order valence-electron chi connectivity index (χ0n) is 24.0. The summed E-state index contributed by atoms with van der Waals surface area (Å²) in [5.41, 5.74) is 1.86. The highest BCUT2D eigenvalue weighted by molar-refractivity contribution is 8.01. The van der Waals surface area contributed by atoms with Crippen LogP contribution in [0.2, 0.25) is 0 Å². The van der Waals surface area contributed by atoms with Crippen molar-refractivity contribution in [3.63, 3.8) is 0 Å². The van der Waals surface area contributed by atoms with E-state index in [1.807, 2.05) is 19.1 Å². The number of aryl methyl sites for hydroxylation is 1. The van der Waals surface area contributed by atoms with Gasteiger partial charge in [0.15, 0.2) is 5.13 Å². The molecule has 3 aromatic rings. The van der Waals surface area contributed by atoms with E-state index in [0.29, 0.717) is 67.3 Å². The minimum Gasteiger partial charge on any atom is -0.496 e. The van der Waals surface area contributed by atoms with Gasteiger partial charge < -0.3 is 23.8 Å². The minimum absolute atomic E-state index is 0.0912. The van der Waals surface area contributed by atoms with Gasteiger partial charge in [0.25, 0.3) is 11.8 Å². The number of thiazole rings is 1. The van der Waals surface area contributed by atoms with Crippen LogP contribution in [0.3, 0.4) is 0 Å². The van der Waals surface area contributed by atoms with E-state index in [9.17, 15) is 14.4 Å². The van der Waals surface area contributed by atoms with E-state index in [1.165, 1.54) is 23.1 Å². The van der Waals surface area contributed by atoms with Crippen molar-refractivity contribution in [2.75, 3.05) is 51.9 Å². The first-order valence-corrected chi connectivity index (χ1v) is 15.4. The second-order valence-corrected chi connectivity index (χ2v) is 11.9. The number of rotatable bonds is 13. The Balaban J connectivity index is 1.34. The van der Waals surface area contributed by atoms with Gasteiger partial charge in [0, 0.05) is 30.2 Å². The zero-order chi connectivity index (χ0) is 29.9. The number of nitrogens with one attached hydrogen (secondary N) is 1. The van der Waals surface area contributed by atoms with Crippen LogP contribution in [0.15, 0.2) is 51.7 Å². The topological polar surface area (TPSA) is 116 Å². The first-order valence-electron chi connectivity index (χ1n) is 13.8. The molecule has 224 valence electrons. The average molecular weight is 614 g/mol. The lowest BCUT2D eigenvalue weighted by Crippen LogP contribution is -2.40. The van der Waals surface area contributed by atoms with Gasteiger partial charge in [-0.05, 0) is 55.3 Å². The summed E-state index contributed by atoms with van der Waals surface area (Å²) in [6.07, 6.45) is 3.85. The molecule has 1 aromatic heterocycles. The molecule has 0 radical (unpaired) electrons. The summed E-state index contributed by atoms with van der Waals surface area (Å²) in [5.74, 6) is 0.0805. The van der Waals surface area contributed by atoms with Gasteiger partial charge >= 0.3 is 5.97 Å². The van der Waals surface area contributed by atoms with Crippen molar-refractivity contribution in [1.29, 1.82) is 0 Å². The molecule has 0 spiro atoms. The third-order valence-corrected chi connectivity index (χ3v) is 8.56. The summed E-state index contributed by atoms with van der Waals surface area (Å²) in [6.45, 7) is 7.10. The molecule has 0 saturated carbocycles. The molecule has 0 atom stereocenters. The number of carbonyl (C=O) groups excluding carboxylic acids is 3. The van der Waals surface area contributed by atoms with Gasteiger partial charge in [0.1, 0.15) is 11.5 Å². The summed E-state index contributed by atoms with van der Waals surface area (Å²) in [4.78, 5) is 45.0. The van der Waals surface area contributed by atoms with Crippen LogP contribution in [-0.4, -0.2) is 74.3 Å². The maximum Gasteiger partial charge on any atom is 0.313 e. The Morgan fingerprint density at radius 3 is 2.60 bits per heavy atom. The molecule has 1 aliphatic rings. The highest BCUT2D eigenvalue weighted by Crippen LogP contribution is 2.38. The fraction of sp³-hybridized carbons (Fsp3) is 0.400. The van der Waals surface area contributed by atoms with Crippen LogP contribution in [0.4, 0.5) is 5.13 Å². The Hall–Kier alpha value is -3.45. The molecule has 0 unspecified atom stereocenters. The number of ether oxygens (including phenoxy) is 4. The Morgan fingerprint density at radius 2 is 1.88 bits per heavy atom. The number of esters is 1. The lowest BCUT2D eigenvalue weighted by molar-refractivity contribution is -0.135. The quantitative estimate of drug-likeness (QED) is 0.153. The number of amides is 2. The number of nitrogens with zero attached hydrogens (tertiary/aromatic N) is 2. The average Bonchev–Trinajstić information content (AvgIpc) is 3.44. The number of morpholine rings is 1. The van der Waals surface area contributed by atoms with Gasteiger partial charge in [0.2, 0.25) is 0 Å². The summed E-state index contributed by atoms with van der Waals surface area (Å²) in [6, 6.07) is 10.1. The third kappa shape index (κ3) is 8.78. The van der Waals surface area contributed by atoms with Crippen molar-refractivity contribution in [1.82, 2.24) is 9.88 Å². The monoisotopic (exact) mass is 613 g/mol. The fourth-order valence-corrected chi connectivity index (χ4v) is 5.98. The Bertz CT molecular complexity index is 1370. The molecule has 1 fully saturated rings. The van der Waals surface area contributed by atoms with E-state index in [-0.39, 0.29) is 24.2 Å². The molecule has 0 bridgehead atoms. The van der Waals surface area contributed by atoms with Crippen LogP contribution in [-0.2, 0) is 14.3 Å². The van der Waals surface area contributed by atoms with Crippen molar-refractivity contribution in [3.05, 3.63) is 59.3 Å². The second kappa shape index (κ2) is 15.7. The molecule has 2 heterocycles. The first-order chi connectivity index (χ1) is 20.4. The molecule has 0 aliphatic carbocycles. The number of hydrogen-bond donors (Lipinski definition) is 1. The second-order valence-electron chi connectivity index (χ2n) is 9.48. The van der Waals surface area contributed by atoms with Crippen LogP contribution in [0.25, 0.3) is 0 Å². The molecular formula is C30H35N3O7S2. The van der Waals surface area contributed by atoms with Crippen LogP contribution in [0, 0.1) is 6.92 Å². The lowest BCUT2D eigenvalue weighted by Gasteiger charge is -2.27. The molecule has 1 saturated heterocycles. The number of aromatic nitrogens is 1. The molecule has 4 rings (SSSR count). The number of hydrogen-bond acceptors (Lipinski definition) is 10. The van der Waals surface area contributed by atoms with E-state index in [4.69, 9.17) is 18.9 Å². The van der Waals surface area contributed by atoms with Crippen molar-refractivity contribution in [3.8, 4) is 11.5 Å². The molecule has 1 N–H and O–H groups in total. The van der Waals surface area contributed by atoms with E-state index in [0.717, 1.165) is 27.5 Å². The van der Waals surface area contributed by atoms with E-state index in [2.05, 4.69) is 17.2 Å². The van der Waals surface area contributed by atoms with Crippen LogP contribution in [0.1, 0.15) is 52.5 Å². The Morgan fingerprint density at radius 1 is 1.12 bits per heavy atom. The SMILES string of the molecule is CCCCOCCC(=O)Oc1ccc(C(=O)Nc2ncc(Sc3cc(C(=O)N4CCOCC4)c(OC)cc3C)s2)cc1. The van der Waals surface area contributed by atoms with Crippen LogP contribution >= 0.6 is 23.1 Å². The largest absolute Gasteiger partial charge is 0.496 e. The number of methoxy groups -OCH3 is 1. The van der Waals surface area contributed by atoms with Gasteiger partial charge in [-0.25, -0.2) is 4.98 Å². The summed E-state index contributed by atoms with van der Waals surface area (Å²) in [7, 11) is 1.56. The van der Waals surface area contributed by atoms with Crippen molar-refractivity contribution >= 4 is 46.0 Å². The number of carbonyl (C=O) groups is 3. The Labute approximate surface area is 253 Å². The third-order valence-electron chi connectivity index (χ3n) is 6.38. The summed E-state index contributed by atoms with van der Waals surface area (Å²) >= 11 is 2.80. The van der Waals surface area contributed by atoms with Gasteiger partial charge in [-0.2, -0.15) is 0 Å². The Kier molecular flexibility index (Phi) is 11.8.